The first-order valence-corrected chi connectivity index (χ1v) is 3.97. The normalized spacial score (nSPS) is 12.9. The predicted molar refractivity (Wildman–Crippen MR) is 48.1 cm³/mol. The Morgan fingerprint density at radius 1 is 1.67 bits per heavy atom. The molecule has 1 heterocycles. The highest BCUT2D eigenvalue weighted by atomic mass is 35.5. The molecule has 2 N–H and O–H groups in total. The Bertz CT molecular complexity index is 255. The van der Waals surface area contributed by atoms with Gasteiger partial charge >= 0.3 is 0 Å². The number of halogens is 1. The summed E-state index contributed by atoms with van der Waals surface area (Å²) in [7, 11) is 1.61. The van der Waals surface area contributed by atoms with Crippen molar-refractivity contribution >= 4 is 11.6 Å². The second-order valence-corrected chi connectivity index (χ2v) is 2.93. The van der Waals surface area contributed by atoms with Crippen LogP contribution in [-0.4, -0.2) is 18.7 Å². The van der Waals surface area contributed by atoms with Crippen molar-refractivity contribution in [1.29, 1.82) is 0 Å². The summed E-state index contributed by atoms with van der Waals surface area (Å²) in [5.74, 6) is 0. The summed E-state index contributed by atoms with van der Waals surface area (Å²) in [6.45, 7) is 0.474. The second kappa shape index (κ2) is 4.40. The highest BCUT2D eigenvalue weighted by molar-refractivity contribution is 6.30. The van der Waals surface area contributed by atoms with Crippen molar-refractivity contribution in [3.8, 4) is 0 Å². The molecule has 0 aromatic carbocycles. The second-order valence-electron chi connectivity index (χ2n) is 2.50. The molecule has 0 aliphatic carbocycles. The van der Waals surface area contributed by atoms with Crippen molar-refractivity contribution in [2.24, 2.45) is 5.73 Å². The monoisotopic (exact) mass is 186 g/mol. The van der Waals surface area contributed by atoms with Gasteiger partial charge in [-0.25, -0.2) is 0 Å². The fourth-order valence-corrected chi connectivity index (χ4v) is 1.09. The zero-order valence-corrected chi connectivity index (χ0v) is 7.58. The predicted octanol–water partition coefficient (Wildman–Crippen LogP) is 1.38. The Morgan fingerprint density at radius 2 is 2.42 bits per heavy atom. The molecule has 1 aromatic rings. The van der Waals surface area contributed by atoms with Crippen molar-refractivity contribution in [3.05, 3.63) is 29.0 Å². The van der Waals surface area contributed by atoms with Crippen LogP contribution in [0.15, 0.2) is 18.5 Å². The van der Waals surface area contributed by atoms with E-state index in [2.05, 4.69) is 4.98 Å². The Morgan fingerprint density at radius 3 is 3.00 bits per heavy atom. The van der Waals surface area contributed by atoms with Gasteiger partial charge < -0.3 is 10.5 Å². The molecule has 0 aliphatic heterocycles. The number of nitrogens with two attached hydrogens (primary N) is 1. The summed E-state index contributed by atoms with van der Waals surface area (Å²) in [6, 6.07) is 1.64. The molecular formula is C8H11ClN2O. The van der Waals surface area contributed by atoms with Crippen LogP contribution in [0.4, 0.5) is 0 Å². The summed E-state index contributed by atoms with van der Waals surface area (Å²) in [4.78, 5) is 3.92. The third-order valence-corrected chi connectivity index (χ3v) is 1.71. The first-order valence-electron chi connectivity index (χ1n) is 3.59. The number of nitrogens with zero attached hydrogens (tertiary/aromatic N) is 1. The van der Waals surface area contributed by atoms with Gasteiger partial charge in [0.25, 0.3) is 0 Å². The van der Waals surface area contributed by atoms with Crippen LogP contribution in [-0.2, 0) is 4.74 Å². The Labute approximate surface area is 76.5 Å². The molecule has 0 spiro atoms. The van der Waals surface area contributed by atoms with E-state index in [-0.39, 0.29) is 6.04 Å². The van der Waals surface area contributed by atoms with Gasteiger partial charge in [0.2, 0.25) is 0 Å². The maximum atomic E-state index is 5.75. The van der Waals surface area contributed by atoms with E-state index < -0.39 is 0 Å². The number of hydrogen-bond donors (Lipinski definition) is 1. The van der Waals surface area contributed by atoms with E-state index in [1.165, 1.54) is 0 Å². The van der Waals surface area contributed by atoms with Gasteiger partial charge in [-0.2, -0.15) is 0 Å². The van der Waals surface area contributed by atoms with Gasteiger partial charge in [0.15, 0.2) is 0 Å². The lowest BCUT2D eigenvalue weighted by Crippen LogP contribution is -2.16. The average molecular weight is 187 g/mol. The molecule has 0 bridgehead atoms. The van der Waals surface area contributed by atoms with Crippen molar-refractivity contribution in [2.45, 2.75) is 6.04 Å². The molecule has 1 aromatic heterocycles. The first-order chi connectivity index (χ1) is 5.74. The van der Waals surface area contributed by atoms with Crippen molar-refractivity contribution < 1.29 is 4.74 Å². The van der Waals surface area contributed by atoms with E-state index in [9.17, 15) is 0 Å². The van der Waals surface area contributed by atoms with Gasteiger partial charge in [0.05, 0.1) is 17.7 Å². The average Bonchev–Trinajstić information content (AvgIpc) is 2.05. The molecule has 66 valence electrons. The van der Waals surface area contributed by atoms with E-state index in [1.54, 1.807) is 25.6 Å². The van der Waals surface area contributed by atoms with Gasteiger partial charge in [-0.15, -0.1) is 0 Å². The quantitative estimate of drug-likeness (QED) is 0.776. The Hall–Kier alpha value is -0.640. The molecular weight excluding hydrogens is 176 g/mol. The molecule has 1 atom stereocenters. The standard InChI is InChI=1S/C8H11ClN2O/c1-12-5-8(10)6-2-7(9)4-11-3-6/h2-4,8H,5,10H2,1H3/t8-/m1/s1. The SMILES string of the molecule is COC[C@@H](N)c1cncc(Cl)c1. The summed E-state index contributed by atoms with van der Waals surface area (Å²) >= 11 is 5.73. The third kappa shape index (κ3) is 2.44. The minimum Gasteiger partial charge on any atom is -0.383 e. The Balaban J connectivity index is 2.73. The smallest absolute Gasteiger partial charge is 0.0656 e. The van der Waals surface area contributed by atoms with Crippen molar-refractivity contribution in [1.82, 2.24) is 4.98 Å². The van der Waals surface area contributed by atoms with Crippen LogP contribution in [0.1, 0.15) is 11.6 Å². The van der Waals surface area contributed by atoms with Crippen LogP contribution in [0.3, 0.4) is 0 Å². The first kappa shape index (κ1) is 9.45. The summed E-state index contributed by atoms with van der Waals surface area (Å²) < 4.78 is 4.90. The Kier molecular flexibility index (Phi) is 3.47. The summed E-state index contributed by atoms with van der Waals surface area (Å²) in [5.41, 5.74) is 6.64. The highest BCUT2D eigenvalue weighted by Crippen LogP contribution is 2.14. The number of aromatic nitrogens is 1. The van der Waals surface area contributed by atoms with Crippen LogP contribution in [0.5, 0.6) is 0 Å². The molecule has 0 saturated carbocycles. The van der Waals surface area contributed by atoms with Gasteiger partial charge in [0, 0.05) is 19.5 Å². The van der Waals surface area contributed by atoms with Crippen molar-refractivity contribution in [3.63, 3.8) is 0 Å². The number of pyridine rings is 1. The molecule has 0 fully saturated rings. The molecule has 0 saturated heterocycles. The topological polar surface area (TPSA) is 48.1 Å². The van der Waals surface area contributed by atoms with Crippen molar-refractivity contribution in [2.75, 3.05) is 13.7 Å². The van der Waals surface area contributed by atoms with Crippen LogP contribution in [0.2, 0.25) is 5.02 Å². The maximum Gasteiger partial charge on any atom is 0.0656 e. The van der Waals surface area contributed by atoms with E-state index in [0.29, 0.717) is 11.6 Å². The van der Waals surface area contributed by atoms with Gasteiger partial charge in [-0.1, -0.05) is 11.6 Å². The van der Waals surface area contributed by atoms with E-state index >= 15 is 0 Å². The van der Waals surface area contributed by atoms with Crippen LogP contribution >= 0.6 is 11.6 Å². The molecule has 1 rings (SSSR count). The fraction of sp³-hybridized carbons (Fsp3) is 0.375. The molecule has 0 aliphatic rings. The minimum absolute atomic E-state index is 0.152. The fourth-order valence-electron chi connectivity index (χ4n) is 0.907. The molecule has 0 unspecified atom stereocenters. The molecule has 3 nitrogen and oxygen atoms in total. The third-order valence-electron chi connectivity index (χ3n) is 1.50. The summed E-state index contributed by atoms with van der Waals surface area (Å²) in [6.07, 6.45) is 3.26. The summed E-state index contributed by atoms with van der Waals surface area (Å²) in [5, 5.41) is 0.596. The molecule has 4 heteroatoms. The van der Waals surface area contributed by atoms with Crippen LogP contribution in [0.25, 0.3) is 0 Å². The van der Waals surface area contributed by atoms with Crippen LogP contribution < -0.4 is 5.73 Å². The number of methoxy groups -OCH3 is 1. The van der Waals surface area contributed by atoms with E-state index in [4.69, 9.17) is 22.1 Å². The van der Waals surface area contributed by atoms with E-state index in [0.717, 1.165) is 5.56 Å². The lowest BCUT2D eigenvalue weighted by Gasteiger charge is -2.09. The largest absolute Gasteiger partial charge is 0.383 e. The number of ether oxygens (including phenoxy) is 1. The highest BCUT2D eigenvalue weighted by Gasteiger charge is 2.05. The van der Waals surface area contributed by atoms with Crippen LogP contribution in [0, 0.1) is 0 Å². The maximum absolute atomic E-state index is 5.75. The minimum atomic E-state index is -0.152. The zero-order chi connectivity index (χ0) is 8.97. The van der Waals surface area contributed by atoms with Gasteiger partial charge in [-0.3, -0.25) is 4.98 Å². The van der Waals surface area contributed by atoms with Gasteiger partial charge in [-0.05, 0) is 11.6 Å². The molecule has 0 radical (unpaired) electrons. The van der Waals surface area contributed by atoms with E-state index in [1.807, 2.05) is 0 Å². The lowest BCUT2D eigenvalue weighted by atomic mass is 10.1. The zero-order valence-electron chi connectivity index (χ0n) is 6.83. The molecule has 12 heavy (non-hydrogen) atoms. The van der Waals surface area contributed by atoms with Gasteiger partial charge in [0.1, 0.15) is 0 Å². The number of hydrogen-bond acceptors (Lipinski definition) is 3. The number of rotatable bonds is 3. The molecule has 0 amide bonds. The lowest BCUT2D eigenvalue weighted by molar-refractivity contribution is 0.181.